The van der Waals surface area contributed by atoms with E-state index in [4.69, 9.17) is 9.84 Å². The van der Waals surface area contributed by atoms with Crippen LogP contribution in [0, 0.1) is 0 Å². The monoisotopic (exact) mass is 398 g/mol. The molecule has 0 unspecified atom stereocenters. The minimum absolute atomic E-state index is 0.0526. The van der Waals surface area contributed by atoms with Crippen LogP contribution in [0.25, 0.3) is 11.3 Å². The Bertz CT molecular complexity index is 948. The summed E-state index contributed by atoms with van der Waals surface area (Å²) >= 11 is 1.55. The lowest BCUT2D eigenvalue weighted by Crippen LogP contribution is -2.25. The van der Waals surface area contributed by atoms with Gasteiger partial charge in [0.1, 0.15) is 5.75 Å². The summed E-state index contributed by atoms with van der Waals surface area (Å²) in [5.74, 6) is 0.540. The minimum atomic E-state index is -0.143. The minimum Gasteiger partial charge on any atom is -0.482 e. The van der Waals surface area contributed by atoms with E-state index in [0.717, 1.165) is 41.7 Å². The molecule has 1 aliphatic rings. The van der Waals surface area contributed by atoms with E-state index in [1.54, 1.807) is 17.4 Å². The Labute approximate surface area is 169 Å². The summed E-state index contributed by atoms with van der Waals surface area (Å²) in [6, 6.07) is 5.80. The zero-order valence-corrected chi connectivity index (χ0v) is 17.2. The van der Waals surface area contributed by atoms with Crippen molar-refractivity contribution in [2.24, 2.45) is 10.1 Å². The number of carbonyl (C=O) groups excluding carboxylic acids is 1. The third-order valence-corrected chi connectivity index (χ3v) is 5.12. The molecule has 3 rings (SSSR count). The molecule has 0 radical (unpaired) electrons. The quantitative estimate of drug-likeness (QED) is 0.528. The first-order chi connectivity index (χ1) is 13.7. The predicted octanol–water partition coefficient (Wildman–Crippen LogP) is 4.44. The van der Waals surface area contributed by atoms with E-state index in [1.807, 2.05) is 28.3 Å². The van der Waals surface area contributed by atoms with E-state index < -0.39 is 0 Å². The molecule has 2 heterocycles. The molecule has 28 heavy (non-hydrogen) atoms. The Hall–Kier alpha value is -2.67. The van der Waals surface area contributed by atoms with E-state index in [-0.39, 0.29) is 12.5 Å². The zero-order valence-electron chi connectivity index (χ0n) is 16.4. The molecule has 0 fully saturated rings. The van der Waals surface area contributed by atoms with Crippen molar-refractivity contribution in [3.8, 4) is 17.0 Å². The number of benzene rings is 1. The lowest BCUT2D eigenvalue weighted by atomic mass is 10.1. The van der Waals surface area contributed by atoms with Crippen LogP contribution in [0.4, 0.5) is 5.69 Å². The van der Waals surface area contributed by atoms with E-state index >= 15 is 0 Å². The van der Waals surface area contributed by atoms with Crippen molar-refractivity contribution in [3.05, 3.63) is 41.0 Å². The highest BCUT2D eigenvalue weighted by atomic mass is 32.1. The highest BCUT2D eigenvalue weighted by molar-refractivity contribution is 7.07. The van der Waals surface area contributed by atoms with Crippen LogP contribution in [-0.2, 0) is 4.79 Å². The summed E-state index contributed by atoms with van der Waals surface area (Å²) < 4.78 is 7.39. The fourth-order valence-corrected chi connectivity index (χ4v) is 3.87. The van der Waals surface area contributed by atoms with E-state index in [0.29, 0.717) is 18.0 Å². The molecular weight excluding hydrogens is 372 g/mol. The number of nitrogens with zero attached hydrogens (tertiary/aromatic N) is 3. The number of carbonyl (C=O) groups is 1. The van der Waals surface area contributed by atoms with Gasteiger partial charge in [-0.3, -0.25) is 9.79 Å². The Morgan fingerprint density at radius 3 is 2.86 bits per heavy atom. The molecule has 0 saturated carbocycles. The first-order valence-corrected chi connectivity index (χ1v) is 10.5. The third-order valence-electron chi connectivity index (χ3n) is 4.27. The molecule has 1 N–H and O–H groups in total. The zero-order chi connectivity index (χ0) is 19.9. The SMILES string of the molecule is C=CCN=c1scc(-c2ccc3c(c2)NC(=O)CO3)n1N=C(CCC)CCC. The molecule has 1 aliphatic heterocycles. The molecule has 0 atom stereocenters. The largest absolute Gasteiger partial charge is 0.482 e. The lowest BCUT2D eigenvalue weighted by Gasteiger charge is -2.18. The van der Waals surface area contributed by atoms with E-state index in [2.05, 4.69) is 30.7 Å². The van der Waals surface area contributed by atoms with Gasteiger partial charge >= 0.3 is 0 Å². The summed E-state index contributed by atoms with van der Waals surface area (Å²) in [5, 5.41) is 9.87. The van der Waals surface area contributed by atoms with Crippen LogP contribution in [0.5, 0.6) is 5.75 Å². The second kappa shape index (κ2) is 9.50. The molecule has 1 amide bonds. The van der Waals surface area contributed by atoms with Crippen LogP contribution in [0.1, 0.15) is 39.5 Å². The molecule has 148 valence electrons. The maximum atomic E-state index is 11.7. The van der Waals surface area contributed by atoms with Crippen molar-refractivity contribution < 1.29 is 9.53 Å². The summed E-state index contributed by atoms with van der Waals surface area (Å²) in [4.78, 5) is 17.1. The molecule has 0 spiro atoms. The molecule has 2 aromatic rings. The number of anilines is 1. The fraction of sp³-hybridized carbons (Fsp3) is 0.381. The number of hydrogen-bond acceptors (Lipinski definition) is 5. The Balaban J connectivity index is 2.10. The molecule has 0 aliphatic carbocycles. The fourth-order valence-electron chi connectivity index (χ4n) is 3.03. The molecular formula is C21H26N4O2S. The molecule has 0 saturated heterocycles. The standard InChI is InChI=1S/C21H26N4O2S/c1-4-7-16(8-5-2)24-25-18(14-28-21(25)22-11-6-3)15-9-10-19-17(12-15)23-20(26)13-27-19/h6,9-10,12,14H,3-5,7-8,11,13H2,1-2H3,(H,23,26). The Morgan fingerprint density at radius 1 is 1.36 bits per heavy atom. The van der Waals surface area contributed by atoms with Crippen LogP contribution in [0.15, 0.2) is 46.3 Å². The molecule has 1 aromatic carbocycles. The van der Waals surface area contributed by atoms with Gasteiger partial charge in [0.25, 0.3) is 5.91 Å². The van der Waals surface area contributed by atoms with Gasteiger partial charge in [-0.25, -0.2) is 4.68 Å². The highest BCUT2D eigenvalue weighted by Gasteiger charge is 2.18. The first-order valence-electron chi connectivity index (χ1n) is 9.62. The number of hydrogen-bond donors (Lipinski definition) is 1. The van der Waals surface area contributed by atoms with Gasteiger partial charge in [-0.1, -0.05) is 32.8 Å². The second-order valence-electron chi connectivity index (χ2n) is 6.56. The normalized spacial score (nSPS) is 13.5. The lowest BCUT2D eigenvalue weighted by molar-refractivity contribution is -0.118. The van der Waals surface area contributed by atoms with Gasteiger partial charge in [-0.2, -0.15) is 5.10 Å². The average molecular weight is 399 g/mol. The molecule has 6 nitrogen and oxygen atoms in total. The van der Waals surface area contributed by atoms with Gasteiger partial charge in [0.05, 0.1) is 17.9 Å². The number of rotatable bonds is 8. The topological polar surface area (TPSA) is 68.0 Å². The Morgan fingerprint density at radius 2 is 2.14 bits per heavy atom. The van der Waals surface area contributed by atoms with Gasteiger partial charge in [0, 0.05) is 16.7 Å². The predicted molar refractivity (Wildman–Crippen MR) is 115 cm³/mol. The smallest absolute Gasteiger partial charge is 0.262 e. The molecule has 7 heteroatoms. The highest BCUT2D eigenvalue weighted by Crippen LogP contribution is 2.33. The van der Waals surface area contributed by atoms with E-state index in [9.17, 15) is 4.79 Å². The van der Waals surface area contributed by atoms with Crippen molar-refractivity contribution in [1.29, 1.82) is 0 Å². The van der Waals surface area contributed by atoms with Crippen LogP contribution in [0.3, 0.4) is 0 Å². The van der Waals surface area contributed by atoms with Gasteiger partial charge in [-0.05, 0) is 31.0 Å². The van der Waals surface area contributed by atoms with Crippen LogP contribution < -0.4 is 14.9 Å². The van der Waals surface area contributed by atoms with E-state index in [1.165, 1.54) is 5.71 Å². The van der Waals surface area contributed by atoms with Crippen molar-refractivity contribution in [2.75, 3.05) is 18.5 Å². The summed E-state index contributed by atoms with van der Waals surface area (Å²) in [6.45, 7) is 8.68. The number of fused-ring (bicyclic) bond motifs is 1. The Kier molecular flexibility index (Phi) is 6.81. The summed E-state index contributed by atoms with van der Waals surface area (Å²) in [6.07, 6.45) is 5.81. The summed E-state index contributed by atoms with van der Waals surface area (Å²) in [5.41, 5.74) is 3.75. The first kappa shape index (κ1) is 20.1. The number of aromatic nitrogens is 1. The maximum absolute atomic E-state index is 11.7. The van der Waals surface area contributed by atoms with Crippen molar-refractivity contribution in [3.63, 3.8) is 0 Å². The second-order valence-corrected chi connectivity index (χ2v) is 7.40. The third kappa shape index (κ3) is 4.59. The number of thiazole rings is 1. The number of nitrogens with one attached hydrogen (secondary N) is 1. The van der Waals surface area contributed by atoms with Crippen molar-refractivity contribution in [1.82, 2.24) is 4.68 Å². The average Bonchev–Trinajstić information content (AvgIpc) is 3.08. The van der Waals surface area contributed by atoms with Gasteiger partial charge in [-0.15, -0.1) is 17.9 Å². The number of amides is 1. The van der Waals surface area contributed by atoms with Gasteiger partial charge < -0.3 is 10.1 Å². The van der Waals surface area contributed by atoms with Crippen LogP contribution in [-0.4, -0.2) is 29.4 Å². The van der Waals surface area contributed by atoms with Gasteiger partial charge in [0.2, 0.25) is 4.80 Å². The molecule has 0 bridgehead atoms. The summed E-state index contributed by atoms with van der Waals surface area (Å²) in [7, 11) is 0. The van der Waals surface area contributed by atoms with Crippen molar-refractivity contribution in [2.45, 2.75) is 39.5 Å². The van der Waals surface area contributed by atoms with Gasteiger partial charge in [0.15, 0.2) is 6.61 Å². The maximum Gasteiger partial charge on any atom is 0.262 e. The molecule has 1 aromatic heterocycles. The number of ether oxygens (including phenoxy) is 1. The van der Waals surface area contributed by atoms with Crippen LogP contribution >= 0.6 is 11.3 Å². The van der Waals surface area contributed by atoms with Crippen LogP contribution in [0.2, 0.25) is 0 Å². The van der Waals surface area contributed by atoms with Crippen molar-refractivity contribution >= 4 is 28.6 Å².